The number of amides is 2. The van der Waals surface area contributed by atoms with Gasteiger partial charge < -0.3 is 15.4 Å². The largest absolute Gasteiger partial charge is 0.484 e. The van der Waals surface area contributed by atoms with Crippen molar-refractivity contribution in [1.29, 1.82) is 0 Å². The van der Waals surface area contributed by atoms with E-state index in [4.69, 9.17) is 27.9 Å². The number of carbonyl (C=O) groups is 4. The topological polar surface area (TPSA) is 102 Å². The number of halogens is 7. The van der Waals surface area contributed by atoms with Crippen molar-refractivity contribution in [3.63, 3.8) is 0 Å². The zero-order valence-electron chi connectivity index (χ0n) is 21.9. The normalized spacial score (nSPS) is 13.3. The van der Waals surface area contributed by atoms with E-state index in [0.717, 1.165) is 5.32 Å². The Morgan fingerprint density at radius 1 is 0.927 bits per heavy atom. The maximum absolute atomic E-state index is 14.6. The van der Waals surface area contributed by atoms with Crippen LogP contribution in [0.4, 0.5) is 22.0 Å². The zero-order chi connectivity index (χ0) is 31.0. The van der Waals surface area contributed by atoms with E-state index in [1.54, 1.807) is 30.3 Å². The monoisotopic (exact) mass is 624 g/mol. The molecule has 0 spiro atoms. The lowest BCUT2D eigenvalue weighted by Crippen LogP contribution is -2.52. The third-order valence-corrected chi connectivity index (χ3v) is 6.26. The lowest BCUT2D eigenvalue weighted by molar-refractivity contribution is -0.167. The highest BCUT2D eigenvalue weighted by Gasteiger charge is 2.51. The Labute approximate surface area is 242 Å². The van der Waals surface area contributed by atoms with Crippen molar-refractivity contribution in [2.75, 3.05) is 13.2 Å². The van der Waals surface area contributed by atoms with Crippen LogP contribution >= 0.6 is 23.2 Å². The minimum absolute atomic E-state index is 0.0735. The molecule has 0 saturated carbocycles. The molecule has 2 aromatic carbocycles. The predicted molar refractivity (Wildman–Crippen MR) is 141 cm³/mol. The van der Waals surface area contributed by atoms with Crippen LogP contribution in [0.3, 0.4) is 0 Å². The molecule has 2 N–H and O–H groups in total. The molecule has 224 valence electrons. The first-order valence-electron chi connectivity index (χ1n) is 12.2. The van der Waals surface area contributed by atoms with E-state index in [2.05, 4.69) is 5.32 Å². The molecule has 2 aromatic rings. The molecule has 0 bridgehead atoms. The number of rotatable bonds is 14. The van der Waals surface area contributed by atoms with Gasteiger partial charge in [0.15, 0.2) is 12.4 Å². The summed E-state index contributed by atoms with van der Waals surface area (Å²) in [5.41, 5.74) is 0.595. The van der Waals surface area contributed by atoms with Crippen molar-refractivity contribution in [3.05, 3.63) is 64.1 Å². The maximum atomic E-state index is 14.6. The molecule has 14 heteroatoms. The van der Waals surface area contributed by atoms with Crippen molar-refractivity contribution in [1.82, 2.24) is 10.6 Å². The first kappa shape index (κ1) is 34.0. The second-order valence-electron chi connectivity index (χ2n) is 9.46. The Morgan fingerprint density at radius 3 is 2.05 bits per heavy atom. The summed E-state index contributed by atoms with van der Waals surface area (Å²) >= 11 is 11.8. The highest BCUT2D eigenvalue weighted by atomic mass is 35.5. The van der Waals surface area contributed by atoms with Crippen LogP contribution in [0.15, 0.2) is 48.5 Å². The van der Waals surface area contributed by atoms with Crippen LogP contribution < -0.4 is 15.4 Å². The minimum Gasteiger partial charge on any atom is -0.484 e. The quantitative estimate of drug-likeness (QED) is 0.222. The summed E-state index contributed by atoms with van der Waals surface area (Å²) in [4.78, 5) is 50.4. The first-order chi connectivity index (χ1) is 19.0. The average Bonchev–Trinajstić information content (AvgIpc) is 2.87. The first-order valence-corrected chi connectivity index (χ1v) is 13.0. The number of carbonyl (C=O) groups excluding carboxylic acids is 4. The van der Waals surface area contributed by atoms with Crippen LogP contribution in [0.25, 0.3) is 0 Å². The third kappa shape index (κ3) is 10.9. The molecule has 2 rings (SSSR count). The summed E-state index contributed by atoms with van der Waals surface area (Å²) in [6.07, 6.45) is -5.87. The molecule has 2 amide bonds. The van der Waals surface area contributed by atoms with Crippen molar-refractivity contribution >= 4 is 46.6 Å². The van der Waals surface area contributed by atoms with Gasteiger partial charge in [-0.05, 0) is 36.1 Å². The summed E-state index contributed by atoms with van der Waals surface area (Å²) in [6, 6.07) is 11.3. The van der Waals surface area contributed by atoms with E-state index < -0.39 is 72.9 Å². The van der Waals surface area contributed by atoms with E-state index in [9.17, 15) is 41.1 Å². The van der Waals surface area contributed by atoms with Crippen LogP contribution in [0, 0.1) is 11.8 Å². The van der Waals surface area contributed by atoms with Gasteiger partial charge in [0.2, 0.25) is 5.78 Å². The Kier molecular flexibility index (Phi) is 12.1. The van der Waals surface area contributed by atoms with Crippen molar-refractivity contribution in [2.45, 2.75) is 44.8 Å². The summed E-state index contributed by atoms with van der Waals surface area (Å²) in [7, 11) is 0. The highest BCUT2D eigenvalue weighted by molar-refractivity contribution is 6.34. The molecule has 0 saturated heterocycles. The predicted octanol–water partition coefficient (Wildman–Crippen LogP) is 5.21. The van der Waals surface area contributed by atoms with E-state index in [-0.39, 0.29) is 22.2 Å². The maximum Gasteiger partial charge on any atom is 0.405 e. The summed E-state index contributed by atoms with van der Waals surface area (Å²) in [5, 5.41) is 3.96. The number of nitrogens with one attached hydrogen (secondary N) is 2. The molecule has 0 fully saturated rings. The molecular formula is C27H27Cl2F5N2O5. The molecule has 0 aliphatic heterocycles. The molecule has 7 nitrogen and oxygen atoms in total. The van der Waals surface area contributed by atoms with Crippen LogP contribution in [0.1, 0.15) is 25.8 Å². The second kappa shape index (κ2) is 14.6. The third-order valence-electron chi connectivity index (χ3n) is 5.82. The van der Waals surface area contributed by atoms with E-state index in [1.807, 2.05) is 0 Å². The van der Waals surface area contributed by atoms with Crippen LogP contribution in [-0.2, 0) is 25.6 Å². The fourth-order valence-electron chi connectivity index (χ4n) is 3.72. The fourth-order valence-corrected chi connectivity index (χ4v) is 4.22. The molecule has 2 atom stereocenters. The number of ketones is 2. The highest BCUT2D eigenvalue weighted by Crippen LogP contribution is 2.29. The van der Waals surface area contributed by atoms with Crippen LogP contribution in [-0.4, -0.2) is 54.7 Å². The molecular weight excluding hydrogens is 598 g/mol. The Morgan fingerprint density at radius 2 is 1.51 bits per heavy atom. The van der Waals surface area contributed by atoms with Gasteiger partial charge in [-0.25, -0.2) is 0 Å². The average molecular weight is 625 g/mol. The van der Waals surface area contributed by atoms with E-state index in [0.29, 0.717) is 5.56 Å². The SMILES string of the molecule is CC(C)[C@H](CC(=O)[C@H](Cc1ccccc1)NC(=O)COc1cc(Cl)cc(Cl)c1)C(=O)C(F)(F)C(=O)NCC(F)(F)F. The lowest BCUT2D eigenvalue weighted by Gasteiger charge is -2.26. The van der Waals surface area contributed by atoms with Crippen molar-refractivity contribution in [2.24, 2.45) is 11.8 Å². The lowest BCUT2D eigenvalue weighted by atomic mass is 9.82. The number of hydrogen-bond acceptors (Lipinski definition) is 5. The molecule has 0 aromatic heterocycles. The van der Waals surface area contributed by atoms with E-state index in [1.165, 1.54) is 32.0 Å². The van der Waals surface area contributed by atoms with Gasteiger partial charge in [0.05, 0.1) is 6.04 Å². The van der Waals surface area contributed by atoms with Gasteiger partial charge in [0.1, 0.15) is 12.3 Å². The summed E-state index contributed by atoms with van der Waals surface area (Å²) < 4.78 is 71.7. The van der Waals surface area contributed by atoms with Gasteiger partial charge in [-0.1, -0.05) is 67.4 Å². The number of ether oxygens (including phenoxy) is 1. The molecule has 0 heterocycles. The number of Topliss-reactive ketones (excluding diaryl/α,β-unsaturated/α-hetero) is 2. The Balaban J connectivity index is 2.20. The van der Waals surface area contributed by atoms with Gasteiger partial charge in [0.25, 0.3) is 11.8 Å². The zero-order valence-corrected chi connectivity index (χ0v) is 23.4. The number of benzene rings is 2. The van der Waals surface area contributed by atoms with E-state index >= 15 is 0 Å². The van der Waals surface area contributed by atoms with Gasteiger partial charge in [-0.15, -0.1) is 0 Å². The molecule has 0 unspecified atom stereocenters. The van der Waals surface area contributed by atoms with Crippen molar-refractivity contribution < 1.29 is 45.9 Å². The smallest absolute Gasteiger partial charge is 0.405 e. The fraction of sp³-hybridized carbons (Fsp3) is 0.407. The van der Waals surface area contributed by atoms with Crippen LogP contribution in [0.5, 0.6) is 5.75 Å². The standard InChI is InChI=1S/C27H27Cl2F5N2O5/c1-15(2)20(24(39)27(33,34)25(40)35-14-26(30,31)32)12-22(37)21(8-16-6-4-3-5-7-16)36-23(38)13-41-19-10-17(28)9-18(29)11-19/h3-7,9-11,15,20-21H,8,12-14H2,1-2H3,(H,35,40)(H,36,38)/t20-,21-/m0/s1. The Hall–Kier alpha value is -3.25. The van der Waals surface area contributed by atoms with Crippen molar-refractivity contribution in [3.8, 4) is 5.75 Å². The van der Waals surface area contributed by atoms with Crippen LogP contribution in [0.2, 0.25) is 10.0 Å². The Bertz CT molecular complexity index is 1220. The second-order valence-corrected chi connectivity index (χ2v) is 10.3. The number of alkyl halides is 5. The number of hydrogen-bond donors (Lipinski definition) is 2. The minimum atomic E-state index is -4.98. The van der Waals surface area contributed by atoms with Gasteiger partial charge in [-0.2, -0.15) is 22.0 Å². The molecule has 41 heavy (non-hydrogen) atoms. The molecule has 0 aliphatic rings. The summed E-state index contributed by atoms with van der Waals surface area (Å²) in [6.45, 7) is 0.0520. The van der Waals surface area contributed by atoms with Gasteiger partial charge in [-0.3, -0.25) is 19.2 Å². The van der Waals surface area contributed by atoms with Gasteiger partial charge >= 0.3 is 12.1 Å². The summed E-state index contributed by atoms with van der Waals surface area (Å²) in [5.74, 6) is -13.3. The van der Waals surface area contributed by atoms with Gasteiger partial charge in [0, 0.05) is 22.4 Å². The molecule has 0 radical (unpaired) electrons. The molecule has 0 aliphatic carbocycles.